The molecule has 7 nitrogen and oxygen atoms in total. The van der Waals surface area contributed by atoms with Crippen molar-refractivity contribution in [3.05, 3.63) is 29.8 Å². The van der Waals surface area contributed by atoms with Gasteiger partial charge in [0, 0.05) is 6.54 Å². The Balaban J connectivity index is 2.20. The number of ether oxygens (including phenoxy) is 3. The summed E-state index contributed by atoms with van der Waals surface area (Å²) in [6.45, 7) is 5.11. The van der Waals surface area contributed by atoms with Gasteiger partial charge in [-0.2, -0.15) is 0 Å². The van der Waals surface area contributed by atoms with E-state index in [2.05, 4.69) is 5.32 Å². The van der Waals surface area contributed by atoms with Crippen LogP contribution in [0.2, 0.25) is 0 Å². The molecule has 3 atom stereocenters. The summed E-state index contributed by atoms with van der Waals surface area (Å²) in [5.41, 5.74) is -1.20. The van der Waals surface area contributed by atoms with Gasteiger partial charge < -0.3 is 24.6 Å². The van der Waals surface area contributed by atoms with Gasteiger partial charge in [0.1, 0.15) is 17.8 Å². The summed E-state index contributed by atoms with van der Waals surface area (Å²) < 4.78 is 15.5. The van der Waals surface area contributed by atoms with Crippen LogP contribution in [0.5, 0.6) is 5.75 Å². The first-order chi connectivity index (χ1) is 12.8. The third-order valence-electron chi connectivity index (χ3n) is 5.09. The van der Waals surface area contributed by atoms with E-state index in [4.69, 9.17) is 14.2 Å². The fourth-order valence-corrected chi connectivity index (χ4v) is 3.37. The van der Waals surface area contributed by atoms with Crippen LogP contribution in [-0.2, 0) is 25.5 Å². The van der Waals surface area contributed by atoms with Gasteiger partial charge >= 0.3 is 11.9 Å². The molecule has 0 amide bonds. The van der Waals surface area contributed by atoms with Crippen molar-refractivity contribution in [2.45, 2.75) is 38.4 Å². The lowest BCUT2D eigenvalue weighted by molar-refractivity contribution is -0.184. The zero-order chi connectivity index (χ0) is 20.0. The van der Waals surface area contributed by atoms with Crippen molar-refractivity contribution < 1.29 is 28.9 Å². The second-order valence-electron chi connectivity index (χ2n) is 7.13. The quantitative estimate of drug-likeness (QED) is 0.658. The van der Waals surface area contributed by atoms with Crippen LogP contribution < -0.4 is 10.1 Å². The second-order valence-corrected chi connectivity index (χ2v) is 7.13. The first kappa shape index (κ1) is 21.2. The summed E-state index contributed by atoms with van der Waals surface area (Å²) in [6.07, 6.45) is 1.26. The molecule has 150 valence electrons. The minimum absolute atomic E-state index is 0.141. The third kappa shape index (κ3) is 4.78. The van der Waals surface area contributed by atoms with Crippen molar-refractivity contribution in [1.29, 1.82) is 0 Å². The predicted molar refractivity (Wildman–Crippen MR) is 99.4 cm³/mol. The average molecular weight is 379 g/mol. The largest absolute Gasteiger partial charge is 0.489 e. The van der Waals surface area contributed by atoms with Crippen LogP contribution in [0.1, 0.15) is 25.8 Å². The molecule has 2 rings (SSSR count). The first-order valence-corrected chi connectivity index (χ1v) is 9.17. The van der Waals surface area contributed by atoms with Crippen LogP contribution in [0.15, 0.2) is 24.3 Å². The maximum Gasteiger partial charge on any atom is 0.339 e. The molecule has 1 heterocycles. The number of hydrogen-bond acceptors (Lipinski definition) is 7. The van der Waals surface area contributed by atoms with E-state index in [0.29, 0.717) is 0 Å². The van der Waals surface area contributed by atoms with Gasteiger partial charge in [0.15, 0.2) is 5.60 Å². The fourth-order valence-electron chi connectivity index (χ4n) is 3.37. The lowest BCUT2D eigenvalue weighted by Crippen LogP contribution is -2.54. The molecule has 1 fully saturated rings. The normalized spacial score (nSPS) is 20.0. The predicted octanol–water partition coefficient (Wildman–Crippen LogP) is 1.32. The zero-order valence-corrected chi connectivity index (χ0v) is 16.4. The maximum atomic E-state index is 12.4. The van der Waals surface area contributed by atoms with Gasteiger partial charge in [0.25, 0.3) is 0 Å². The van der Waals surface area contributed by atoms with Gasteiger partial charge in [0.05, 0.1) is 14.2 Å². The smallest absolute Gasteiger partial charge is 0.339 e. The number of rotatable bonds is 8. The average Bonchev–Trinajstić information content (AvgIpc) is 3.18. The molecule has 1 aromatic rings. The second kappa shape index (κ2) is 9.19. The Labute approximate surface area is 160 Å². The van der Waals surface area contributed by atoms with Crippen molar-refractivity contribution in [3.8, 4) is 5.75 Å². The van der Waals surface area contributed by atoms with Crippen LogP contribution in [0.3, 0.4) is 0 Å². The Morgan fingerprint density at radius 3 is 2.37 bits per heavy atom. The zero-order valence-electron chi connectivity index (χ0n) is 16.4. The van der Waals surface area contributed by atoms with Crippen molar-refractivity contribution in [2.24, 2.45) is 11.8 Å². The number of benzene rings is 1. The summed E-state index contributed by atoms with van der Waals surface area (Å²) in [5, 5.41) is 14.3. The van der Waals surface area contributed by atoms with E-state index in [1.165, 1.54) is 14.2 Å². The van der Waals surface area contributed by atoms with Crippen molar-refractivity contribution >= 4 is 11.9 Å². The first-order valence-electron chi connectivity index (χ1n) is 9.17. The Morgan fingerprint density at radius 2 is 1.89 bits per heavy atom. The summed E-state index contributed by atoms with van der Waals surface area (Å²) in [5.74, 6) is -2.38. The van der Waals surface area contributed by atoms with Crippen LogP contribution >= 0.6 is 0 Å². The Bertz CT molecular complexity index is 638. The van der Waals surface area contributed by atoms with E-state index in [1.807, 2.05) is 24.3 Å². The third-order valence-corrected chi connectivity index (χ3v) is 5.09. The van der Waals surface area contributed by atoms with Gasteiger partial charge in [0.2, 0.25) is 0 Å². The number of nitrogens with one attached hydrogen (secondary N) is 1. The molecule has 7 heteroatoms. The van der Waals surface area contributed by atoms with Crippen molar-refractivity contribution in [3.63, 3.8) is 0 Å². The Kier molecular flexibility index (Phi) is 7.21. The lowest BCUT2D eigenvalue weighted by atomic mass is 9.75. The lowest BCUT2D eigenvalue weighted by Gasteiger charge is -2.35. The van der Waals surface area contributed by atoms with Crippen LogP contribution in [0.4, 0.5) is 0 Å². The van der Waals surface area contributed by atoms with Crippen molar-refractivity contribution in [1.82, 2.24) is 5.32 Å². The van der Waals surface area contributed by atoms with Gasteiger partial charge in [-0.3, -0.25) is 4.79 Å². The standard InChI is InChI=1S/C20H29NO6/c1-13(2)20(24,19(23)26-4)17(18(22)25-3)11-14-5-7-15(8-6-14)27-16-9-10-21-12-16/h5-8,13,16-17,21,24H,9-12H2,1-4H3. The van der Waals surface area contributed by atoms with Gasteiger partial charge in [-0.05, 0) is 43.0 Å². The molecular formula is C20H29NO6. The molecule has 1 aliphatic rings. The number of carbonyl (C=O) groups excluding carboxylic acids is 2. The van der Waals surface area contributed by atoms with E-state index in [1.54, 1.807) is 13.8 Å². The summed E-state index contributed by atoms with van der Waals surface area (Å²) in [4.78, 5) is 24.6. The number of carbonyl (C=O) groups is 2. The highest BCUT2D eigenvalue weighted by atomic mass is 16.5. The number of aliphatic hydroxyl groups is 1. The van der Waals surface area contributed by atoms with E-state index in [0.717, 1.165) is 30.8 Å². The SMILES string of the molecule is COC(=O)C(Cc1ccc(OC2CCNC2)cc1)C(O)(C(=O)OC)C(C)C. The van der Waals surface area contributed by atoms with Gasteiger partial charge in [-0.15, -0.1) is 0 Å². The fraction of sp³-hybridized carbons (Fsp3) is 0.600. The molecule has 1 saturated heterocycles. The Morgan fingerprint density at radius 1 is 1.22 bits per heavy atom. The minimum atomic E-state index is -1.98. The van der Waals surface area contributed by atoms with E-state index >= 15 is 0 Å². The molecular weight excluding hydrogens is 350 g/mol. The minimum Gasteiger partial charge on any atom is -0.489 e. The number of methoxy groups -OCH3 is 2. The molecule has 27 heavy (non-hydrogen) atoms. The monoisotopic (exact) mass is 379 g/mol. The van der Waals surface area contributed by atoms with Gasteiger partial charge in [-0.1, -0.05) is 26.0 Å². The topological polar surface area (TPSA) is 94.1 Å². The highest BCUT2D eigenvalue weighted by molar-refractivity contribution is 5.88. The van der Waals surface area contributed by atoms with Crippen LogP contribution in [-0.4, -0.2) is 56.1 Å². The molecule has 0 saturated carbocycles. The van der Waals surface area contributed by atoms with Gasteiger partial charge in [-0.25, -0.2) is 4.79 Å². The van der Waals surface area contributed by atoms with Crippen molar-refractivity contribution in [2.75, 3.05) is 27.3 Å². The highest BCUT2D eigenvalue weighted by Gasteiger charge is 2.51. The maximum absolute atomic E-state index is 12.4. The molecule has 0 bridgehead atoms. The molecule has 3 unspecified atom stereocenters. The van der Waals surface area contributed by atoms with E-state index in [-0.39, 0.29) is 12.5 Å². The Hall–Kier alpha value is -2.12. The number of hydrogen-bond donors (Lipinski definition) is 2. The highest BCUT2D eigenvalue weighted by Crippen LogP contribution is 2.32. The van der Waals surface area contributed by atoms with Crippen LogP contribution in [0.25, 0.3) is 0 Å². The molecule has 2 N–H and O–H groups in total. The molecule has 0 spiro atoms. The molecule has 0 aromatic heterocycles. The van der Waals surface area contributed by atoms with E-state index in [9.17, 15) is 14.7 Å². The summed E-state index contributed by atoms with van der Waals surface area (Å²) in [6, 6.07) is 7.31. The van der Waals surface area contributed by atoms with E-state index < -0.39 is 29.4 Å². The molecule has 1 aliphatic heterocycles. The molecule has 0 radical (unpaired) electrons. The molecule has 1 aromatic carbocycles. The van der Waals surface area contributed by atoms with Crippen LogP contribution in [0, 0.1) is 11.8 Å². The number of esters is 2. The summed E-state index contributed by atoms with van der Waals surface area (Å²) >= 11 is 0. The molecule has 0 aliphatic carbocycles. The summed E-state index contributed by atoms with van der Waals surface area (Å²) in [7, 11) is 2.42.